The molecule has 2 aromatic carbocycles. The summed E-state index contributed by atoms with van der Waals surface area (Å²) in [6, 6.07) is 17.2. The van der Waals surface area contributed by atoms with Crippen LogP contribution in [0.4, 0.5) is 13.2 Å². The third-order valence-electron chi connectivity index (χ3n) is 4.62. The van der Waals surface area contributed by atoms with Gasteiger partial charge in [-0.25, -0.2) is 0 Å². The number of carbonyl (C=O) groups excluding carboxylic acids is 1. The number of allylic oxidation sites excluding steroid dienone is 1. The van der Waals surface area contributed by atoms with E-state index in [-0.39, 0.29) is 11.3 Å². The number of para-hydroxylation sites is 1. The highest BCUT2D eigenvalue weighted by molar-refractivity contribution is 6.14. The molecule has 3 rings (SSSR count). The Morgan fingerprint density at radius 2 is 1.66 bits per heavy atom. The SMILES string of the molecule is Cc1cc(/C=C(\C#N)C(=O)c2ccccc2)c(C)n1-c1ccccc1C(F)(F)F. The molecule has 0 saturated heterocycles. The molecule has 29 heavy (non-hydrogen) atoms. The lowest BCUT2D eigenvalue weighted by atomic mass is 10.0. The van der Waals surface area contributed by atoms with Crippen molar-refractivity contribution in [3.8, 4) is 11.8 Å². The molecule has 146 valence electrons. The maximum absolute atomic E-state index is 13.4. The predicted octanol–water partition coefficient (Wildman–Crippen LogP) is 5.90. The predicted molar refractivity (Wildman–Crippen MR) is 105 cm³/mol. The normalized spacial score (nSPS) is 11.9. The van der Waals surface area contributed by atoms with E-state index in [1.807, 2.05) is 6.07 Å². The van der Waals surface area contributed by atoms with Gasteiger partial charge in [0, 0.05) is 17.0 Å². The van der Waals surface area contributed by atoms with E-state index >= 15 is 0 Å². The van der Waals surface area contributed by atoms with Crippen molar-refractivity contribution < 1.29 is 18.0 Å². The van der Waals surface area contributed by atoms with Gasteiger partial charge in [-0.05, 0) is 43.7 Å². The van der Waals surface area contributed by atoms with Crippen molar-refractivity contribution in [1.82, 2.24) is 4.57 Å². The lowest BCUT2D eigenvalue weighted by Crippen LogP contribution is -2.12. The average Bonchev–Trinajstić information content (AvgIpc) is 2.98. The number of halogens is 3. The monoisotopic (exact) mass is 394 g/mol. The van der Waals surface area contributed by atoms with E-state index in [4.69, 9.17) is 0 Å². The minimum Gasteiger partial charge on any atom is -0.317 e. The van der Waals surface area contributed by atoms with Crippen molar-refractivity contribution in [2.45, 2.75) is 20.0 Å². The van der Waals surface area contributed by atoms with Gasteiger partial charge >= 0.3 is 6.18 Å². The van der Waals surface area contributed by atoms with Crippen LogP contribution in [0.3, 0.4) is 0 Å². The molecule has 1 heterocycles. The van der Waals surface area contributed by atoms with Gasteiger partial charge in [0.25, 0.3) is 0 Å². The highest BCUT2D eigenvalue weighted by atomic mass is 19.4. The Labute approximate surface area is 166 Å². The van der Waals surface area contributed by atoms with Crippen LogP contribution in [0.2, 0.25) is 0 Å². The Bertz CT molecular complexity index is 1130. The standard InChI is InChI=1S/C23H17F3N2O/c1-15-12-18(13-19(14-27)22(29)17-8-4-3-5-9-17)16(2)28(15)21-11-7-6-10-20(21)23(24,25)26/h3-13H,1-2H3/b19-13+. The Hall–Kier alpha value is -3.59. The van der Waals surface area contributed by atoms with Gasteiger partial charge in [-0.3, -0.25) is 4.79 Å². The van der Waals surface area contributed by atoms with Crippen LogP contribution >= 0.6 is 0 Å². The molecular weight excluding hydrogens is 377 g/mol. The Kier molecular flexibility index (Phi) is 5.42. The fourth-order valence-electron chi connectivity index (χ4n) is 3.26. The van der Waals surface area contributed by atoms with Crippen molar-refractivity contribution in [1.29, 1.82) is 5.26 Å². The van der Waals surface area contributed by atoms with Crippen molar-refractivity contribution >= 4 is 11.9 Å². The van der Waals surface area contributed by atoms with Gasteiger partial charge in [-0.2, -0.15) is 18.4 Å². The van der Waals surface area contributed by atoms with E-state index in [1.165, 1.54) is 22.8 Å². The highest BCUT2D eigenvalue weighted by Crippen LogP contribution is 2.35. The summed E-state index contributed by atoms with van der Waals surface area (Å²) in [6.07, 6.45) is -3.08. The number of aromatic nitrogens is 1. The van der Waals surface area contributed by atoms with Crippen molar-refractivity contribution in [3.05, 3.63) is 94.3 Å². The smallest absolute Gasteiger partial charge is 0.317 e. The summed E-state index contributed by atoms with van der Waals surface area (Å²) in [5.74, 6) is -0.436. The van der Waals surface area contributed by atoms with Crippen molar-refractivity contribution in [3.63, 3.8) is 0 Å². The number of hydrogen-bond donors (Lipinski definition) is 0. The van der Waals surface area contributed by atoms with Crippen LogP contribution in [0.5, 0.6) is 0 Å². The van der Waals surface area contributed by atoms with E-state index in [1.54, 1.807) is 56.3 Å². The topological polar surface area (TPSA) is 45.8 Å². The first-order chi connectivity index (χ1) is 13.7. The molecule has 0 amide bonds. The Morgan fingerprint density at radius 1 is 1.03 bits per heavy atom. The molecule has 0 unspecified atom stereocenters. The molecule has 6 heteroatoms. The number of ketones is 1. The van der Waals surface area contributed by atoms with Crippen molar-refractivity contribution in [2.24, 2.45) is 0 Å². The van der Waals surface area contributed by atoms with Gasteiger partial charge in [-0.1, -0.05) is 42.5 Å². The minimum atomic E-state index is -4.50. The average molecular weight is 394 g/mol. The zero-order valence-electron chi connectivity index (χ0n) is 15.8. The van der Waals surface area contributed by atoms with Gasteiger partial charge in [0.2, 0.25) is 5.78 Å². The first-order valence-corrected chi connectivity index (χ1v) is 8.81. The van der Waals surface area contributed by atoms with Crippen LogP contribution in [-0.2, 0) is 6.18 Å². The van der Waals surface area contributed by atoms with Gasteiger partial charge in [0.1, 0.15) is 11.6 Å². The van der Waals surface area contributed by atoms with E-state index in [2.05, 4.69) is 0 Å². The molecule has 0 aliphatic rings. The first-order valence-electron chi connectivity index (χ1n) is 8.81. The van der Waals surface area contributed by atoms with Crippen LogP contribution in [0.15, 0.2) is 66.2 Å². The molecule has 0 atom stereocenters. The first kappa shape index (κ1) is 20.2. The lowest BCUT2D eigenvalue weighted by molar-refractivity contribution is -0.137. The number of hydrogen-bond acceptors (Lipinski definition) is 2. The fourth-order valence-corrected chi connectivity index (χ4v) is 3.26. The zero-order valence-corrected chi connectivity index (χ0v) is 15.8. The number of rotatable bonds is 4. The van der Waals surface area contributed by atoms with Crippen LogP contribution in [0, 0.1) is 25.2 Å². The molecule has 0 aliphatic carbocycles. The van der Waals surface area contributed by atoms with E-state index < -0.39 is 17.5 Å². The molecule has 0 fully saturated rings. The summed E-state index contributed by atoms with van der Waals surface area (Å²) in [5.41, 5.74) is 1.13. The maximum Gasteiger partial charge on any atom is 0.418 e. The quantitative estimate of drug-likeness (QED) is 0.314. The molecule has 1 aromatic heterocycles. The maximum atomic E-state index is 13.4. The molecule has 0 aliphatic heterocycles. The van der Waals surface area contributed by atoms with Gasteiger partial charge in [0.05, 0.1) is 11.3 Å². The Balaban J connectivity index is 2.11. The highest BCUT2D eigenvalue weighted by Gasteiger charge is 2.34. The number of carbonyl (C=O) groups is 1. The number of nitriles is 1. The molecule has 0 radical (unpaired) electrons. The van der Waals surface area contributed by atoms with E-state index in [0.717, 1.165) is 6.07 Å². The summed E-state index contributed by atoms with van der Waals surface area (Å²) in [5, 5.41) is 9.46. The van der Waals surface area contributed by atoms with Crippen molar-refractivity contribution in [2.75, 3.05) is 0 Å². The summed E-state index contributed by atoms with van der Waals surface area (Å²) in [7, 11) is 0. The minimum absolute atomic E-state index is 0.00236. The second-order valence-electron chi connectivity index (χ2n) is 6.54. The Morgan fingerprint density at radius 3 is 2.28 bits per heavy atom. The third-order valence-corrected chi connectivity index (χ3v) is 4.62. The van der Waals surface area contributed by atoms with Crippen LogP contribution < -0.4 is 0 Å². The van der Waals surface area contributed by atoms with Crippen LogP contribution in [0.25, 0.3) is 11.8 Å². The summed E-state index contributed by atoms with van der Waals surface area (Å²) in [4.78, 5) is 12.6. The fraction of sp³-hybridized carbons (Fsp3) is 0.130. The molecular formula is C23H17F3N2O. The summed E-state index contributed by atoms with van der Waals surface area (Å²) < 4.78 is 41.8. The second-order valence-corrected chi connectivity index (χ2v) is 6.54. The van der Waals surface area contributed by atoms with E-state index in [9.17, 15) is 23.2 Å². The van der Waals surface area contributed by atoms with Crippen LogP contribution in [-0.4, -0.2) is 10.4 Å². The number of benzene rings is 2. The molecule has 3 nitrogen and oxygen atoms in total. The zero-order chi connectivity index (χ0) is 21.2. The van der Waals surface area contributed by atoms with E-state index in [0.29, 0.717) is 22.5 Å². The van der Waals surface area contributed by atoms with Gasteiger partial charge < -0.3 is 4.57 Å². The largest absolute Gasteiger partial charge is 0.418 e. The third kappa shape index (κ3) is 3.99. The number of alkyl halides is 3. The molecule has 0 bridgehead atoms. The van der Waals surface area contributed by atoms with Crippen LogP contribution in [0.1, 0.15) is 32.9 Å². The molecule has 0 saturated carbocycles. The summed E-state index contributed by atoms with van der Waals surface area (Å²) in [6.45, 7) is 3.34. The second kappa shape index (κ2) is 7.80. The molecule has 0 spiro atoms. The summed E-state index contributed by atoms with van der Waals surface area (Å²) >= 11 is 0. The molecule has 0 N–H and O–H groups in total. The number of aryl methyl sites for hydroxylation is 1. The van der Waals surface area contributed by atoms with Gasteiger partial charge in [-0.15, -0.1) is 0 Å². The lowest BCUT2D eigenvalue weighted by Gasteiger charge is -2.16. The molecule has 3 aromatic rings. The van der Waals surface area contributed by atoms with Gasteiger partial charge in [0.15, 0.2) is 0 Å². The number of nitrogens with zero attached hydrogens (tertiary/aromatic N) is 2. The number of Topliss-reactive ketones (excluding diaryl/α,β-unsaturated/α-hetero) is 1.